The number of carbonyl (C=O) groups excluding carboxylic acids is 1. The molecule has 2 aromatic rings. The van der Waals surface area contributed by atoms with Crippen LogP contribution in [0.2, 0.25) is 0 Å². The predicted octanol–water partition coefficient (Wildman–Crippen LogP) is 1.16. The van der Waals surface area contributed by atoms with E-state index in [2.05, 4.69) is 25.7 Å². The minimum Gasteiger partial charge on any atom is -0.369 e. The van der Waals surface area contributed by atoms with Crippen LogP contribution in [0.3, 0.4) is 0 Å². The van der Waals surface area contributed by atoms with Crippen LogP contribution in [0.15, 0.2) is 18.6 Å². The second-order valence-electron chi connectivity index (χ2n) is 5.61. The Balaban J connectivity index is 1.76. The molecule has 1 fully saturated rings. The molecular weight excluding hydrogens is 301 g/mol. The first kappa shape index (κ1) is 15.2. The minimum absolute atomic E-state index is 0.0598. The number of hydrogen-bond acceptors (Lipinski definition) is 6. The lowest BCUT2D eigenvalue weighted by Crippen LogP contribution is -2.34. The Morgan fingerprint density at radius 3 is 2.96 bits per heavy atom. The van der Waals surface area contributed by atoms with Crippen LogP contribution in [0.1, 0.15) is 19.3 Å². The molecule has 122 valence electrons. The minimum atomic E-state index is -0.572. The fourth-order valence-electron chi connectivity index (χ4n) is 2.79. The Morgan fingerprint density at radius 2 is 2.26 bits per heavy atom. The lowest BCUT2D eigenvalue weighted by Gasteiger charge is -2.19. The summed E-state index contributed by atoms with van der Waals surface area (Å²) in [5.74, 6) is -0.945. The number of halogens is 1. The maximum atomic E-state index is 13.9. The van der Waals surface area contributed by atoms with E-state index in [0.717, 1.165) is 19.0 Å². The van der Waals surface area contributed by atoms with Crippen LogP contribution < -0.4 is 16.4 Å². The van der Waals surface area contributed by atoms with Crippen molar-refractivity contribution in [3.63, 3.8) is 0 Å². The Morgan fingerprint density at radius 1 is 1.43 bits per heavy atom. The second kappa shape index (κ2) is 6.19. The van der Waals surface area contributed by atoms with Crippen LogP contribution in [0.5, 0.6) is 0 Å². The molecule has 3 rings (SSSR count). The van der Waals surface area contributed by atoms with Gasteiger partial charge in [-0.2, -0.15) is 10.1 Å². The van der Waals surface area contributed by atoms with E-state index in [4.69, 9.17) is 5.73 Å². The molecule has 0 spiro atoms. The first-order chi connectivity index (χ1) is 11.0. The highest BCUT2D eigenvalue weighted by Gasteiger charge is 2.32. The van der Waals surface area contributed by atoms with E-state index >= 15 is 0 Å². The van der Waals surface area contributed by atoms with Crippen molar-refractivity contribution in [2.75, 3.05) is 10.6 Å². The molecule has 0 aliphatic heterocycles. The van der Waals surface area contributed by atoms with Crippen LogP contribution in [0.4, 0.5) is 21.8 Å². The summed E-state index contributed by atoms with van der Waals surface area (Å²) in [5.41, 5.74) is 6.08. The molecule has 8 nitrogen and oxygen atoms in total. The Hall–Kier alpha value is -2.71. The molecule has 0 aromatic carbocycles. The topological polar surface area (TPSA) is 111 Å². The SMILES string of the molecule is Cn1cc(Nc2ncc(F)c(N[C@@H]3CCC[C@@H]3C(N)=O)n2)cn1. The van der Waals surface area contributed by atoms with Gasteiger partial charge in [-0.3, -0.25) is 9.48 Å². The van der Waals surface area contributed by atoms with Crippen LogP contribution in [0.25, 0.3) is 0 Å². The number of aryl methyl sites for hydroxylation is 1. The van der Waals surface area contributed by atoms with Crippen LogP contribution >= 0.6 is 0 Å². The van der Waals surface area contributed by atoms with Crippen molar-refractivity contribution < 1.29 is 9.18 Å². The summed E-state index contributed by atoms with van der Waals surface area (Å²) in [7, 11) is 1.79. The highest BCUT2D eigenvalue weighted by atomic mass is 19.1. The third-order valence-corrected chi connectivity index (χ3v) is 3.91. The molecule has 2 atom stereocenters. The van der Waals surface area contributed by atoms with Crippen molar-refractivity contribution in [2.45, 2.75) is 25.3 Å². The fraction of sp³-hybridized carbons (Fsp3) is 0.429. The smallest absolute Gasteiger partial charge is 0.229 e. The van der Waals surface area contributed by atoms with E-state index in [-0.39, 0.29) is 29.6 Å². The third-order valence-electron chi connectivity index (χ3n) is 3.91. The molecule has 1 aliphatic carbocycles. The maximum absolute atomic E-state index is 13.9. The van der Waals surface area contributed by atoms with Crippen molar-refractivity contribution in [3.8, 4) is 0 Å². The Bertz CT molecular complexity index is 717. The van der Waals surface area contributed by atoms with Crippen LogP contribution in [0, 0.1) is 11.7 Å². The van der Waals surface area contributed by atoms with Crippen molar-refractivity contribution in [2.24, 2.45) is 18.7 Å². The zero-order chi connectivity index (χ0) is 16.4. The van der Waals surface area contributed by atoms with Gasteiger partial charge in [-0.15, -0.1) is 0 Å². The highest BCUT2D eigenvalue weighted by molar-refractivity contribution is 5.78. The fourth-order valence-corrected chi connectivity index (χ4v) is 2.79. The quantitative estimate of drug-likeness (QED) is 0.762. The summed E-state index contributed by atoms with van der Waals surface area (Å²) < 4.78 is 15.6. The molecule has 1 aliphatic rings. The van der Waals surface area contributed by atoms with Gasteiger partial charge in [-0.25, -0.2) is 9.37 Å². The number of hydrogen-bond donors (Lipinski definition) is 3. The van der Waals surface area contributed by atoms with Gasteiger partial charge in [0.2, 0.25) is 11.9 Å². The van der Waals surface area contributed by atoms with Crippen molar-refractivity contribution in [3.05, 3.63) is 24.4 Å². The molecule has 23 heavy (non-hydrogen) atoms. The van der Waals surface area contributed by atoms with Gasteiger partial charge in [0, 0.05) is 19.3 Å². The summed E-state index contributed by atoms with van der Waals surface area (Å²) in [5, 5.41) is 9.95. The van der Waals surface area contributed by atoms with Crippen molar-refractivity contribution >= 4 is 23.4 Å². The normalized spacial score (nSPS) is 20.4. The molecule has 0 radical (unpaired) electrons. The molecule has 2 heterocycles. The Labute approximate surface area is 132 Å². The van der Waals surface area contributed by atoms with Crippen LogP contribution in [-0.2, 0) is 11.8 Å². The molecular formula is C14H18FN7O. The summed E-state index contributed by atoms with van der Waals surface area (Å²) in [4.78, 5) is 19.5. The number of nitrogens with one attached hydrogen (secondary N) is 2. The predicted molar refractivity (Wildman–Crippen MR) is 82.4 cm³/mol. The molecule has 4 N–H and O–H groups in total. The number of anilines is 3. The molecule has 9 heteroatoms. The number of aromatic nitrogens is 4. The molecule has 0 bridgehead atoms. The number of rotatable bonds is 5. The zero-order valence-electron chi connectivity index (χ0n) is 12.7. The Kier molecular flexibility index (Phi) is 4.09. The maximum Gasteiger partial charge on any atom is 0.229 e. The van der Waals surface area contributed by atoms with Gasteiger partial charge in [0.05, 0.1) is 24.0 Å². The molecule has 1 amide bonds. The number of primary amides is 1. The summed E-state index contributed by atoms with van der Waals surface area (Å²) in [6.45, 7) is 0. The van der Waals surface area contributed by atoms with Gasteiger partial charge in [0.25, 0.3) is 0 Å². The monoisotopic (exact) mass is 319 g/mol. The molecule has 1 saturated carbocycles. The van der Waals surface area contributed by atoms with E-state index in [1.165, 1.54) is 0 Å². The standard InChI is InChI=1S/C14H18FN7O/c1-22-7-8(5-18-22)19-14-17-6-10(15)13(21-14)20-11-4-2-3-9(11)12(16)23/h5-7,9,11H,2-4H2,1H3,(H2,16,23)(H2,17,19,20,21)/t9-,11+/m0/s1. The van der Waals surface area contributed by atoms with Crippen molar-refractivity contribution in [1.82, 2.24) is 19.7 Å². The van der Waals surface area contributed by atoms with E-state index in [9.17, 15) is 9.18 Å². The van der Waals surface area contributed by atoms with Gasteiger partial charge < -0.3 is 16.4 Å². The highest BCUT2D eigenvalue weighted by Crippen LogP contribution is 2.29. The van der Waals surface area contributed by atoms with E-state index < -0.39 is 5.82 Å². The van der Waals surface area contributed by atoms with Gasteiger partial charge in [-0.1, -0.05) is 6.42 Å². The molecule has 2 aromatic heterocycles. The summed E-state index contributed by atoms with van der Waals surface area (Å²) >= 11 is 0. The van der Waals surface area contributed by atoms with Crippen molar-refractivity contribution in [1.29, 1.82) is 0 Å². The molecule has 0 saturated heterocycles. The number of carbonyl (C=O) groups is 1. The number of nitrogens with zero attached hydrogens (tertiary/aromatic N) is 4. The summed E-state index contributed by atoms with van der Waals surface area (Å²) in [6, 6.07) is -0.205. The average molecular weight is 319 g/mol. The van der Waals surface area contributed by atoms with Gasteiger partial charge >= 0.3 is 0 Å². The van der Waals surface area contributed by atoms with E-state index in [1.54, 1.807) is 24.1 Å². The average Bonchev–Trinajstić information content (AvgIpc) is 3.12. The first-order valence-electron chi connectivity index (χ1n) is 7.37. The first-order valence-corrected chi connectivity index (χ1v) is 7.37. The largest absolute Gasteiger partial charge is 0.369 e. The zero-order valence-corrected chi connectivity index (χ0v) is 12.7. The van der Waals surface area contributed by atoms with Gasteiger partial charge in [-0.05, 0) is 12.8 Å². The summed E-state index contributed by atoms with van der Waals surface area (Å²) in [6.07, 6.45) is 6.78. The molecule has 0 unspecified atom stereocenters. The number of nitrogens with two attached hydrogens (primary N) is 1. The second-order valence-corrected chi connectivity index (χ2v) is 5.61. The third kappa shape index (κ3) is 3.38. The lowest BCUT2D eigenvalue weighted by molar-refractivity contribution is -0.121. The van der Waals surface area contributed by atoms with E-state index in [1.807, 2.05) is 0 Å². The van der Waals surface area contributed by atoms with Gasteiger partial charge in [0.15, 0.2) is 11.6 Å². The van der Waals surface area contributed by atoms with Crippen LogP contribution in [-0.4, -0.2) is 31.7 Å². The van der Waals surface area contributed by atoms with Gasteiger partial charge in [0.1, 0.15) is 0 Å². The lowest BCUT2D eigenvalue weighted by atomic mass is 10.0. The van der Waals surface area contributed by atoms with E-state index in [0.29, 0.717) is 12.1 Å². The number of amides is 1.